The second-order valence-electron chi connectivity index (χ2n) is 3.46. The van der Waals surface area contributed by atoms with Gasteiger partial charge >= 0.3 is 0 Å². The maximum Gasteiger partial charge on any atom is 0.0360 e. The van der Waals surface area contributed by atoms with E-state index in [1.807, 2.05) is 0 Å². The molecule has 0 radical (unpaired) electrons. The minimum atomic E-state index is 0.169. The van der Waals surface area contributed by atoms with E-state index in [1.165, 1.54) is 11.1 Å². The average molecular weight is 188 g/mol. The number of hydrazine groups is 1. The van der Waals surface area contributed by atoms with E-state index in [4.69, 9.17) is 12.3 Å². The quantitative estimate of drug-likeness (QED) is 0.426. The van der Waals surface area contributed by atoms with Crippen molar-refractivity contribution in [1.29, 1.82) is 0 Å². The van der Waals surface area contributed by atoms with Crippen LogP contribution in [-0.4, -0.2) is 6.04 Å². The Kier molecular flexibility index (Phi) is 4.18. The van der Waals surface area contributed by atoms with Gasteiger partial charge in [0.1, 0.15) is 0 Å². The average Bonchev–Trinajstić information content (AvgIpc) is 2.20. The molecular weight excluding hydrogens is 172 g/mol. The predicted octanol–water partition coefficient (Wildman–Crippen LogP) is 1.39. The predicted molar refractivity (Wildman–Crippen MR) is 59.4 cm³/mol. The van der Waals surface area contributed by atoms with E-state index >= 15 is 0 Å². The molecule has 74 valence electrons. The van der Waals surface area contributed by atoms with Gasteiger partial charge in [-0.3, -0.25) is 11.3 Å². The van der Waals surface area contributed by atoms with E-state index < -0.39 is 0 Å². The second kappa shape index (κ2) is 5.43. The Bertz CT molecular complexity index is 308. The van der Waals surface area contributed by atoms with Crippen LogP contribution in [0.4, 0.5) is 0 Å². The zero-order valence-electron chi connectivity index (χ0n) is 8.46. The summed E-state index contributed by atoms with van der Waals surface area (Å²) in [5.74, 6) is 8.00. The summed E-state index contributed by atoms with van der Waals surface area (Å²) in [4.78, 5) is 0. The van der Waals surface area contributed by atoms with Crippen molar-refractivity contribution < 1.29 is 0 Å². The molecule has 1 rings (SSSR count). The van der Waals surface area contributed by atoms with E-state index in [0.717, 1.165) is 6.42 Å². The lowest BCUT2D eigenvalue weighted by Crippen LogP contribution is -2.36. The second-order valence-corrected chi connectivity index (χ2v) is 3.46. The van der Waals surface area contributed by atoms with Gasteiger partial charge < -0.3 is 0 Å². The van der Waals surface area contributed by atoms with Crippen LogP contribution in [0.25, 0.3) is 0 Å². The number of aryl methyl sites for hydroxylation is 1. The van der Waals surface area contributed by atoms with Crippen molar-refractivity contribution in [2.24, 2.45) is 5.84 Å². The maximum atomic E-state index is 5.39. The fraction of sp³-hybridized carbons (Fsp3) is 0.333. The molecule has 1 unspecified atom stereocenters. The maximum absolute atomic E-state index is 5.39. The Morgan fingerprint density at radius 3 is 2.57 bits per heavy atom. The topological polar surface area (TPSA) is 38.0 Å². The van der Waals surface area contributed by atoms with Gasteiger partial charge in [-0.1, -0.05) is 29.8 Å². The van der Waals surface area contributed by atoms with E-state index in [2.05, 4.69) is 42.5 Å². The summed E-state index contributed by atoms with van der Waals surface area (Å²) in [6, 6.07) is 8.58. The summed E-state index contributed by atoms with van der Waals surface area (Å²) < 4.78 is 0. The molecule has 0 saturated heterocycles. The van der Waals surface area contributed by atoms with Crippen LogP contribution >= 0.6 is 0 Å². The lowest BCUT2D eigenvalue weighted by atomic mass is 10.0. The van der Waals surface area contributed by atoms with Gasteiger partial charge in [0.25, 0.3) is 0 Å². The number of hydrogen-bond acceptors (Lipinski definition) is 2. The van der Waals surface area contributed by atoms with Crippen molar-refractivity contribution in [3.05, 3.63) is 35.4 Å². The fourth-order valence-corrected chi connectivity index (χ4v) is 1.34. The molecule has 0 aliphatic heterocycles. The summed E-state index contributed by atoms with van der Waals surface area (Å²) in [6.45, 7) is 2.07. The fourth-order valence-electron chi connectivity index (χ4n) is 1.34. The third-order valence-electron chi connectivity index (χ3n) is 2.20. The zero-order chi connectivity index (χ0) is 10.4. The molecule has 1 aromatic rings. The molecule has 1 aromatic carbocycles. The summed E-state index contributed by atoms with van der Waals surface area (Å²) in [6.07, 6.45) is 6.77. The normalized spacial score (nSPS) is 12.1. The molecule has 0 aliphatic rings. The molecule has 0 bridgehead atoms. The van der Waals surface area contributed by atoms with Crippen LogP contribution < -0.4 is 11.3 Å². The molecule has 0 aliphatic carbocycles. The van der Waals surface area contributed by atoms with Crippen molar-refractivity contribution in [2.45, 2.75) is 25.8 Å². The number of hydrogen-bond donors (Lipinski definition) is 2. The molecule has 2 nitrogen and oxygen atoms in total. The Morgan fingerprint density at radius 1 is 1.43 bits per heavy atom. The molecule has 0 aromatic heterocycles. The third-order valence-corrected chi connectivity index (χ3v) is 2.20. The highest BCUT2D eigenvalue weighted by Crippen LogP contribution is 2.07. The summed E-state index contributed by atoms with van der Waals surface area (Å²) in [5.41, 5.74) is 5.25. The van der Waals surface area contributed by atoms with Crippen molar-refractivity contribution in [2.75, 3.05) is 0 Å². The number of nitrogens with one attached hydrogen (secondary N) is 1. The highest BCUT2D eigenvalue weighted by molar-refractivity contribution is 5.22. The van der Waals surface area contributed by atoms with Crippen LogP contribution in [0.5, 0.6) is 0 Å². The first kappa shape index (κ1) is 10.8. The Morgan fingerprint density at radius 2 is 2.07 bits per heavy atom. The highest BCUT2D eigenvalue weighted by atomic mass is 15.2. The standard InChI is InChI=1S/C12H16N2/c1-3-4-12(14-13)9-11-7-5-10(2)6-8-11/h1,5-8,12,14H,4,9,13H2,2H3. The number of benzene rings is 1. The van der Waals surface area contributed by atoms with Crippen LogP contribution in [0, 0.1) is 19.3 Å². The molecule has 0 amide bonds. The summed E-state index contributed by atoms with van der Waals surface area (Å²) in [7, 11) is 0. The molecule has 0 heterocycles. The smallest absolute Gasteiger partial charge is 0.0360 e. The Hall–Kier alpha value is -1.30. The number of terminal acetylenes is 1. The summed E-state index contributed by atoms with van der Waals surface area (Å²) in [5, 5.41) is 0. The van der Waals surface area contributed by atoms with Crippen LogP contribution in [0.1, 0.15) is 17.5 Å². The van der Waals surface area contributed by atoms with Crippen molar-refractivity contribution in [3.8, 4) is 12.3 Å². The van der Waals surface area contributed by atoms with Gasteiger partial charge in [0.2, 0.25) is 0 Å². The molecule has 14 heavy (non-hydrogen) atoms. The van der Waals surface area contributed by atoms with Gasteiger partial charge in [-0.05, 0) is 18.9 Å². The SMILES string of the molecule is C#CCC(Cc1ccc(C)cc1)NN. The van der Waals surface area contributed by atoms with E-state index in [1.54, 1.807) is 0 Å². The van der Waals surface area contributed by atoms with E-state index in [0.29, 0.717) is 6.42 Å². The molecule has 0 fully saturated rings. The van der Waals surface area contributed by atoms with Crippen LogP contribution in [-0.2, 0) is 6.42 Å². The summed E-state index contributed by atoms with van der Waals surface area (Å²) >= 11 is 0. The van der Waals surface area contributed by atoms with Crippen LogP contribution in [0.2, 0.25) is 0 Å². The largest absolute Gasteiger partial charge is 0.271 e. The van der Waals surface area contributed by atoms with Crippen LogP contribution in [0.3, 0.4) is 0 Å². The van der Waals surface area contributed by atoms with Crippen molar-refractivity contribution in [1.82, 2.24) is 5.43 Å². The molecule has 1 atom stereocenters. The first-order valence-electron chi connectivity index (χ1n) is 4.71. The van der Waals surface area contributed by atoms with Gasteiger partial charge in [0.15, 0.2) is 0 Å². The molecule has 3 N–H and O–H groups in total. The van der Waals surface area contributed by atoms with Crippen LogP contribution in [0.15, 0.2) is 24.3 Å². The van der Waals surface area contributed by atoms with Gasteiger partial charge in [0.05, 0.1) is 0 Å². The molecule has 0 saturated carbocycles. The highest BCUT2D eigenvalue weighted by Gasteiger charge is 2.05. The van der Waals surface area contributed by atoms with Crippen molar-refractivity contribution in [3.63, 3.8) is 0 Å². The first-order valence-corrected chi connectivity index (χ1v) is 4.71. The number of nitrogens with two attached hydrogens (primary N) is 1. The van der Waals surface area contributed by atoms with Crippen molar-refractivity contribution >= 4 is 0 Å². The molecule has 0 spiro atoms. The zero-order valence-corrected chi connectivity index (χ0v) is 8.46. The number of rotatable bonds is 4. The lowest BCUT2D eigenvalue weighted by molar-refractivity contribution is 0.537. The van der Waals surface area contributed by atoms with E-state index in [9.17, 15) is 0 Å². The minimum Gasteiger partial charge on any atom is -0.271 e. The van der Waals surface area contributed by atoms with E-state index in [-0.39, 0.29) is 6.04 Å². The first-order chi connectivity index (χ1) is 6.76. The third kappa shape index (κ3) is 3.21. The van der Waals surface area contributed by atoms with Gasteiger partial charge in [0, 0.05) is 12.5 Å². The minimum absolute atomic E-state index is 0.169. The van der Waals surface area contributed by atoms with Gasteiger partial charge in [-0.15, -0.1) is 12.3 Å². The lowest BCUT2D eigenvalue weighted by Gasteiger charge is -2.12. The van der Waals surface area contributed by atoms with Gasteiger partial charge in [-0.25, -0.2) is 0 Å². The Labute approximate surface area is 85.5 Å². The Balaban J connectivity index is 2.59. The monoisotopic (exact) mass is 188 g/mol. The van der Waals surface area contributed by atoms with Gasteiger partial charge in [-0.2, -0.15) is 0 Å². The molecular formula is C12H16N2. The molecule has 2 heteroatoms.